The smallest absolute Gasteiger partial charge is 0.231 e. The van der Waals surface area contributed by atoms with Crippen molar-refractivity contribution >= 4 is 0 Å². The number of phenols is 1. The van der Waals surface area contributed by atoms with Crippen LogP contribution in [0.15, 0.2) is 30.3 Å². The Hall–Kier alpha value is -2.60. The monoisotopic (exact) mass is 314 g/mol. The predicted molar refractivity (Wildman–Crippen MR) is 78.2 cm³/mol. The number of aromatic hydroxyl groups is 1. The van der Waals surface area contributed by atoms with E-state index in [1.807, 2.05) is 18.2 Å². The Morgan fingerprint density at radius 1 is 0.957 bits per heavy atom. The molecule has 6 heteroatoms. The summed E-state index contributed by atoms with van der Waals surface area (Å²) < 4.78 is 28.5. The van der Waals surface area contributed by atoms with Crippen molar-refractivity contribution in [3.63, 3.8) is 0 Å². The Morgan fingerprint density at radius 2 is 1.74 bits per heavy atom. The van der Waals surface area contributed by atoms with E-state index in [0.29, 0.717) is 17.2 Å². The molecule has 0 amide bonds. The van der Waals surface area contributed by atoms with E-state index in [1.165, 1.54) is 0 Å². The van der Waals surface area contributed by atoms with E-state index in [1.54, 1.807) is 19.2 Å². The maximum atomic E-state index is 9.68. The third-order valence-corrected chi connectivity index (χ3v) is 4.52. The molecule has 0 spiro atoms. The van der Waals surface area contributed by atoms with Crippen molar-refractivity contribution in [3.05, 3.63) is 41.5 Å². The van der Waals surface area contributed by atoms with E-state index in [0.717, 1.165) is 16.9 Å². The number of methoxy groups -OCH3 is 1. The van der Waals surface area contributed by atoms with Gasteiger partial charge in [-0.1, -0.05) is 0 Å². The molecule has 0 aliphatic carbocycles. The second-order valence-electron chi connectivity index (χ2n) is 5.75. The number of hydrogen-bond acceptors (Lipinski definition) is 6. The fourth-order valence-corrected chi connectivity index (χ4v) is 3.47. The Balaban J connectivity index is 1.65. The van der Waals surface area contributed by atoms with Crippen LogP contribution >= 0.6 is 0 Å². The summed E-state index contributed by atoms with van der Waals surface area (Å²) in [5.41, 5.74) is 1.86. The summed E-state index contributed by atoms with van der Waals surface area (Å²) in [6, 6.07) is 8.81. The second-order valence-corrected chi connectivity index (χ2v) is 5.75. The highest BCUT2D eigenvalue weighted by atomic mass is 16.7. The van der Waals surface area contributed by atoms with Gasteiger partial charge in [-0.3, -0.25) is 0 Å². The van der Waals surface area contributed by atoms with Gasteiger partial charge in [0.1, 0.15) is 23.4 Å². The van der Waals surface area contributed by atoms with Crippen molar-refractivity contribution in [1.29, 1.82) is 0 Å². The molecule has 0 bridgehead atoms. The van der Waals surface area contributed by atoms with Crippen LogP contribution in [0, 0.1) is 0 Å². The van der Waals surface area contributed by atoms with Crippen molar-refractivity contribution in [3.8, 4) is 28.7 Å². The van der Waals surface area contributed by atoms with Crippen LogP contribution < -0.4 is 18.9 Å². The topological polar surface area (TPSA) is 66.4 Å². The Kier molecular flexibility index (Phi) is 2.50. The van der Waals surface area contributed by atoms with Gasteiger partial charge in [-0.25, -0.2) is 0 Å². The lowest BCUT2D eigenvalue weighted by Crippen LogP contribution is -2.34. The largest absolute Gasteiger partial charge is 0.508 e. The van der Waals surface area contributed by atoms with Crippen molar-refractivity contribution in [2.45, 2.75) is 18.3 Å². The number of ether oxygens (including phenoxy) is 5. The maximum absolute atomic E-state index is 9.68. The van der Waals surface area contributed by atoms with Gasteiger partial charge in [-0.05, 0) is 18.2 Å². The average Bonchev–Trinajstić information content (AvgIpc) is 3.14. The molecular weight excluding hydrogens is 300 g/mol. The lowest BCUT2D eigenvalue weighted by Gasteiger charge is -2.33. The van der Waals surface area contributed by atoms with Crippen LogP contribution in [0.25, 0.3) is 0 Å². The molecular formula is C17H14O6. The third-order valence-electron chi connectivity index (χ3n) is 4.52. The van der Waals surface area contributed by atoms with Crippen LogP contribution in [0.2, 0.25) is 0 Å². The Morgan fingerprint density at radius 3 is 2.57 bits per heavy atom. The normalized spacial score (nSPS) is 25.9. The van der Waals surface area contributed by atoms with Crippen LogP contribution in [-0.2, 0) is 4.74 Å². The highest BCUT2D eigenvalue weighted by molar-refractivity contribution is 5.58. The zero-order chi connectivity index (χ0) is 15.6. The second kappa shape index (κ2) is 4.45. The Bertz CT molecular complexity index is 802. The summed E-state index contributed by atoms with van der Waals surface area (Å²) >= 11 is 0. The molecule has 3 atom stereocenters. The van der Waals surface area contributed by atoms with Gasteiger partial charge >= 0.3 is 0 Å². The van der Waals surface area contributed by atoms with E-state index in [2.05, 4.69) is 0 Å². The van der Waals surface area contributed by atoms with Crippen LogP contribution in [0.1, 0.15) is 23.1 Å². The fraction of sp³-hybridized carbons (Fsp3) is 0.294. The molecule has 118 valence electrons. The SMILES string of the molecule is CO[C@@H]1Oc2cc(O)ccc2[C@@H]2Oc3cc4c(cc3[C@H]12)OCO4. The minimum Gasteiger partial charge on any atom is -0.508 e. The molecule has 2 aromatic carbocycles. The molecule has 0 radical (unpaired) electrons. The third kappa shape index (κ3) is 1.72. The first-order chi connectivity index (χ1) is 11.2. The molecule has 0 saturated carbocycles. The van der Waals surface area contributed by atoms with E-state index in [9.17, 15) is 5.11 Å². The molecule has 0 saturated heterocycles. The first-order valence-corrected chi connectivity index (χ1v) is 7.37. The summed E-state index contributed by atoms with van der Waals surface area (Å²) in [5, 5.41) is 9.68. The van der Waals surface area contributed by atoms with Gasteiger partial charge in [0.15, 0.2) is 11.5 Å². The zero-order valence-corrected chi connectivity index (χ0v) is 12.3. The summed E-state index contributed by atoms with van der Waals surface area (Å²) in [5.74, 6) is 2.75. The van der Waals surface area contributed by atoms with Gasteiger partial charge in [0, 0.05) is 30.4 Å². The highest BCUT2D eigenvalue weighted by Gasteiger charge is 2.47. The minimum atomic E-state index is -0.504. The standard InChI is InChI=1S/C17H14O6/c1-19-17-15-10-5-13-14(21-7-20-13)6-12(10)22-16(15)9-3-2-8(18)4-11(9)23-17/h2-6,15-18H,7H2,1H3/t15-,16-,17+/m0/s1. The molecule has 0 aromatic heterocycles. The number of fused-ring (bicyclic) bond motifs is 6. The molecule has 3 aliphatic heterocycles. The zero-order valence-electron chi connectivity index (χ0n) is 12.3. The minimum absolute atomic E-state index is 0.110. The average molecular weight is 314 g/mol. The van der Waals surface area contributed by atoms with E-state index >= 15 is 0 Å². The van der Waals surface area contributed by atoms with Gasteiger partial charge in [0.25, 0.3) is 0 Å². The predicted octanol–water partition coefficient (Wildman–Crippen LogP) is 2.70. The number of hydrogen-bond donors (Lipinski definition) is 1. The first kappa shape index (κ1) is 12.9. The summed E-state index contributed by atoms with van der Waals surface area (Å²) in [7, 11) is 1.60. The van der Waals surface area contributed by atoms with Crippen LogP contribution in [0.4, 0.5) is 0 Å². The molecule has 23 heavy (non-hydrogen) atoms. The number of rotatable bonds is 1. The van der Waals surface area contributed by atoms with E-state index in [-0.39, 0.29) is 24.6 Å². The van der Waals surface area contributed by atoms with Gasteiger partial charge < -0.3 is 28.8 Å². The summed E-state index contributed by atoms with van der Waals surface area (Å²) in [4.78, 5) is 0. The molecule has 5 rings (SSSR count). The fourth-order valence-electron chi connectivity index (χ4n) is 3.47. The molecule has 3 aliphatic rings. The van der Waals surface area contributed by atoms with Gasteiger partial charge in [-0.15, -0.1) is 0 Å². The summed E-state index contributed by atoms with van der Waals surface area (Å²) in [6.07, 6.45) is -0.738. The van der Waals surface area contributed by atoms with Crippen LogP contribution in [-0.4, -0.2) is 25.3 Å². The number of benzene rings is 2. The summed E-state index contributed by atoms with van der Waals surface area (Å²) in [6.45, 7) is 0.221. The molecule has 3 heterocycles. The van der Waals surface area contributed by atoms with Gasteiger partial charge in [-0.2, -0.15) is 0 Å². The lowest BCUT2D eigenvalue weighted by molar-refractivity contribution is -0.0994. The molecule has 0 unspecified atom stereocenters. The van der Waals surface area contributed by atoms with Crippen LogP contribution in [0.3, 0.4) is 0 Å². The Labute approximate surface area is 132 Å². The van der Waals surface area contributed by atoms with Crippen LogP contribution in [0.5, 0.6) is 28.7 Å². The lowest BCUT2D eigenvalue weighted by atomic mass is 9.88. The number of phenolic OH excluding ortho intramolecular Hbond substituents is 1. The van der Waals surface area contributed by atoms with E-state index in [4.69, 9.17) is 23.7 Å². The van der Waals surface area contributed by atoms with Crippen molar-refractivity contribution < 1.29 is 28.8 Å². The first-order valence-electron chi connectivity index (χ1n) is 7.37. The highest BCUT2D eigenvalue weighted by Crippen LogP contribution is 2.56. The van der Waals surface area contributed by atoms with Gasteiger partial charge in [0.2, 0.25) is 13.1 Å². The molecule has 6 nitrogen and oxygen atoms in total. The maximum Gasteiger partial charge on any atom is 0.231 e. The molecule has 2 aromatic rings. The molecule has 1 N–H and O–H groups in total. The quantitative estimate of drug-likeness (QED) is 0.873. The van der Waals surface area contributed by atoms with E-state index < -0.39 is 6.29 Å². The van der Waals surface area contributed by atoms with Gasteiger partial charge in [0.05, 0.1) is 5.92 Å². The molecule has 0 fully saturated rings. The van der Waals surface area contributed by atoms with Crippen molar-refractivity contribution in [2.75, 3.05) is 13.9 Å². The van der Waals surface area contributed by atoms with Crippen molar-refractivity contribution in [1.82, 2.24) is 0 Å². The van der Waals surface area contributed by atoms with Crippen molar-refractivity contribution in [2.24, 2.45) is 0 Å².